The van der Waals surface area contributed by atoms with E-state index in [1.54, 1.807) is 13.0 Å². The lowest BCUT2D eigenvalue weighted by Gasteiger charge is -2.37. The highest BCUT2D eigenvalue weighted by atomic mass is 16.5. The lowest BCUT2D eigenvalue weighted by Crippen LogP contribution is -2.49. The summed E-state index contributed by atoms with van der Waals surface area (Å²) in [5, 5.41) is 18.4. The Hall–Kier alpha value is -2.84. The molecule has 2 aliphatic rings. The summed E-state index contributed by atoms with van der Waals surface area (Å²) in [5.41, 5.74) is 8.26. The number of nitrogens with zero attached hydrogens (tertiary/aromatic N) is 2. The van der Waals surface area contributed by atoms with Gasteiger partial charge in [-0.3, -0.25) is 9.80 Å². The number of hydrazine groups is 2. The number of amides is 1. The average molecular weight is 369 g/mol. The first-order chi connectivity index (χ1) is 13.1. The molecule has 1 atom stereocenters. The molecule has 0 radical (unpaired) electrons. The first kappa shape index (κ1) is 17.6. The second-order valence-electron chi connectivity index (χ2n) is 7.10. The Labute approximate surface area is 157 Å². The predicted octanol–water partition coefficient (Wildman–Crippen LogP) is 1.40. The van der Waals surface area contributed by atoms with E-state index in [0.29, 0.717) is 11.6 Å². The molecule has 2 heterocycles. The molecule has 1 aliphatic heterocycles. The van der Waals surface area contributed by atoms with Crippen LogP contribution < -0.4 is 16.3 Å². The molecular weight excluding hydrogens is 346 g/mol. The molecule has 8 heteroatoms. The van der Waals surface area contributed by atoms with E-state index < -0.39 is 6.10 Å². The van der Waals surface area contributed by atoms with Crippen molar-refractivity contribution in [3.63, 3.8) is 0 Å². The maximum Gasteiger partial charge on any atom is 0.290 e. The number of hydrogen-bond acceptors (Lipinski definition) is 7. The molecule has 1 fully saturated rings. The molecule has 4 rings (SSSR count). The SMILES string of the molecule is C[C@H](O)C1=CN(C[C@H]2C[C@@H](NC(=O)c3cc(-c4ccccc4)no3)C2)NN1. The molecule has 1 amide bonds. The Morgan fingerprint density at radius 2 is 2.19 bits per heavy atom. The third-order valence-corrected chi connectivity index (χ3v) is 4.92. The monoisotopic (exact) mass is 369 g/mol. The van der Waals surface area contributed by atoms with E-state index in [2.05, 4.69) is 21.4 Å². The summed E-state index contributed by atoms with van der Waals surface area (Å²) < 4.78 is 5.20. The van der Waals surface area contributed by atoms with E-state index in [1.165, 1.54) is 0 Å². The fraction of sp³-hybridized carbons (Fsp3) is 0.368. The number of carbonyl (C=O) groups is 1. The summed E-state index contributed by atoms with van der Waals surface area (Å²) in [6.07, 6.45) is 3.15. The molecule has 27 heavy (non-hydrogen) atoms. The van der Waals surface area contributed by atoms with E-state index in [1.807, 2.05) is 41.5 Å². The third-order valence-electron chi connectivity index (χ3n) is 4.92. The van der Waals surface area contributed by atoms with Crippen molar-refractivity contribution in [2.75, 3.05) is 6.54 Å². The zero-order valence-corrected chi connectivity index (χ0v) is 15.1. The topological polar surface area (TPSA) is 103 Å². The maximum atomic E-state index is 12.3. The molecule has 0 bridgehead atoms. The van der Waals surface area contributed by atoms with Crippen LogP contribution in [0, 0.1) is 5.92 Å². The Balaban J connectivity index is 1.25. The Kier molecular flexibility index (Phi) is 4.83. The Morgan fingerprint density at radius 3 is 2.89 bits per heavy atom. The van der Waals surface area contributed by atoms with Crippen molar-refractivity contribution in [2.45, 2.75) is 31.9 Å². The number of hydrogen-bond donors (Lipinski definition) is 4. The first-order valence-corrected chi connectivity index (χ1v) is 9.09. The van der Waals surface area contributed by atoms with Crippen molar-refractivity contribution >= 4 is 5.91 Å². The van der Waals surface area contributed by atoms with Crippen molar-refractivity contribution in [2.24, 2.45) is 5.92 Å². The molecule has 1 aromatic heterocycles. The van der Waals surface area contributed by atoms with Crippen molar-refractivity contribution < 1.29 is 14.4 Å². The molecule has 142 valence electrons. The van der Waals surface area contributed by atoms with Crippen molar-refractivity contribution in [3.8, 4) is 11.3 Å². The summed E-state index contributed by atoms with van der Waals surface area (Å²) in [6, 6.07) is 11.4. The second kappa shape index (κ2) is 7.42. The average Bonchev–Trinajstić information content (AvgIpc) is 3.30. The van der Waals surface area contributed by atoms with Gasteiger partial charge in [0.15, 0.2) is 0 Å². The Bertz CT molecular complexity index is 827. The minimum atomic E-state index is -0.529. The van der Waals surface area contributed by atoms with Gasteiger partial charge in [-0.1, -0.05) is 35.5 Å². The van der Waals surface area contributed by atoms with Gasteiger partial charge in [-0.15, -0.1) is 5.53 Å². The first-order valence-electron chi connectivity index (χ1n) is 9.09. The van der Waals surface area contributed by atoms with Crippen LogP contribution in [0.1, 0.15) is 30.3 Å². The van der Waals surface area contributed by atoms with Gasteiger partial charge in [0, 0.05) is 30.4 Å². The lowest BCUT2D eigenvalue weighted by molar-refractivity contribution is 0.0823. The summed E-state index contributed by atoms with van der Waals surface area (Å²) >= 11 is 0. The summed E-state index contributed by atoms with van der Waals surface area (Å²) in [7, 11) is 0. The number of aliphatic hydroxyl groups excluding tert-OH is 1. The molecule has 8 nitrogen and oxygen atoms in total. The standard InChI is InChI=1S/C19H23N5O3/c1-12(25)17-11-24(23-21-17)10-13-7-15(8-13)20-19(26)18-9-16(22-27-18)14-5-3-2-4-6-14/h2-6,9,11-13,15,21,23,25H,7-8,10H2,1H3,(H,20,26)/t12-,13-,15+/m0/s1. The van der Waals surface area contributed by atoms with Gasteiger partial charge in [-0.2, -0.15) is 0 Å². The van der Waals surface area contributed by atoms with Crippen molar-refractivity contribution in [3.05, 3.63) is 54.1 Å². The third kappa shape index (κ3) is 3.96. The van der Waals surface area contributed by atoms with Gasteiger partial charge >= 0.3 is 0 Å². The number of aromatic nitrogens is 1. The normalized spacial score (nSPS) is 22.6. The summed E-state index contributed by atoms with van der Waals surface area (Å²) in [4.78, 5) is 12.3. The molecule has 1 saturated carbocycles. The van der Waals surface area contributed by atoms with E-state index >= 15 is 0 Å². The van der Waals surface area contributed by atoms with Gasteiger partial charge in [0.1, 0.15) is 5.69 Å². The lowest BCUT2D eigenvalue weighted by atomic mass is 9.80. The number of nitrogens with one attached hydrogen (secondary N) is 3. The van der Waals surface area contributed by atoms with Gasteiger partial charge in [0.25, 0.3) is 5.91 Å². The second-order valence-corrected chi connectivity index (χ2v) is 7.10. The molecule has 1 aromatic carbocycles. The summed E-state index contributed by atoms with van der Waals surface area (Å²) in [5.74, 6) is 0.474. The van der Waals surface area contributed by atoms with Gasteiger partial charge in [0.05, 0.1) is 11.8 Å². The highest BCUT2D eigenvalue weighted by molar-refractivity contribution is 5.92. The minimum absolute atomic E-state index is 0.142. The highest BCUT2D eigenvalue weighted by Crippen LogP contribution is 2.29. The van der Waals surface area contributed by atoms with Gasteiger partial charge in [-0.25, -0.2) is 0 Å². The maximum absolute atomic E-state index is 12.3. The van der Waals surface area contributed by atoms with Gasteiger partial charge < -0.3 is 20.4 Å². The summed E-state index contributed by atoms with van der Waals surface area (Å²) in [6.45, 7) is 2.53. The number of benzene rings is 1. The predicted molar refractivity (Wildman–Crippen MR) is 98.7 cm³/mol. The molecule has 0 spiro atoms. The van der Waals surface area contributed by atoms with E-state index in [0.717, 1.165) is 30.6 Å². The van der Waals surface area contributed by atoms with Crippen LogP contribution in [0.25, 0.3) is 11.3 Å². The molecule has 0 saturated heterocycles. The molecule has 4 N–H and O–H groups in total. The molecule has 1 aliphatic carbocycles. The van der Waals surface area contributed by atoms with Gasteiger partial charge in [-0.05, 0) is 25.7 Å². The smallest absolute Gasteiger partial charge is 0.290 e. The number of rotatable bonds is 6. The van der Waals surface area contributed by atoms with Crippen LogP contribution in [-0.2, 0) is 0 Å². The van der Waals surface area contributed by atoms with Crippen molar-refractivity contribution in [1.82, 2.24) is 26.4 Å². The zero-order chi connectivity index (χ0) is 18.8. The Morgan fingerprint density at radius 1 is 1.41 bits per heavy atom. The fourth-order valence-corrected chi connectivity index (χ4v) is 3.34. The minimum Gasteiger partial charge on any atom is -0.387 e. The van der Waals surface area contributed by atoms with Gasteiger partial charge in [0.2, 0.25) is 5.76 Å². The van der Waals surface area contributed by atoms with Crippen LogP contribution in [0.2, 0.25) is 0 Å². The van der Waals surface area contributed by atoms with Crippen LogP contribution in [0.15, 0.2) is 52.8 Å². The molecular formula is C19H23N5O3. The van der Waals surface area contributed by atoms with E-state index in [-0.39, 0.29) is 17.7 Å². The molecule has 0 unspecified atom stereocenters. The zero-order valence-electron chi connectivity index (χ0n) is 15.1. The fourth-order valence-electron chi connectivity index (χ4n) is 3.34. The van der Waals surface area contributed by atoms with Crippen LogP contribution in [0.4, 0.5) is 0 Å². The van der Waals surface area contributed by atoms with Crippen LogP contribution in [0.5, 0.6) is 0 Å². The quantitative estimate of drug-likeness (QED) is 0.610. The van der Waals surface area contributed by atoms with Crippen LogP contribution >= 0.6 is 0 Å². The highest BCUT2D eigenvalue weighted by Gasteiger charge is 2.33. The number of aliphatic hydroxyl groups is 1. The van der Waals surface area contributed by atoms with E-state index in [9.17, 15) is 9.90 Å². The largest absolute Gasteiger partial charge is 0.387 e. The van der Waals surface area contributed by atoms with E-state index in [4.69, 9.17) is 4.52 Å². The number of carbonyl (C=O) groups excluding carboxylic acids is 1. The molecule has 2 aromatic rings. The van der Waals surface area contributed by atoms with Crippen LogP contribution in [-0.4, -0.2) is 39.9 Å². The van der Waals surface area contributed by atoms with Crippen molar-refractivity contribution in [1.29, 1.82) is 0 Å². The van der Waals surface area contributed by atoms with Crippen LogP contribution in [0.3, 0.4) is 0 Å².